The van der Waals surface area contributed by atoms with Crippen LogP contribution in [0.15, 0.2) is 48.5 Å². The zero-order valence-electron chi connectivity index (χ0n) is 14.3. The van der Waals surface area contributed by atoms with E-state index in [0.717, 1.165) is 12.1 Å². The number of carbonyl (C=O) groups excluding carboxylic acids is 2. The zero-order chi connectivity index (χ0) is 20.0. The predicted octanol–water partition coefficient (Wildman–Crippen LogP) is 3.80. The molecule has 144 valence electrons. The van der Waals surface area contributed by atoms with Crippen LogP contribution in [0.1, 0.15) is 16.7 Å². The molecule has 0 fully saturated rings. The van der Waals surface area contributed by atoms with Crippen molar-refractivity contribution >= 4 is 23.5 Å². The van der Waals surface area contributed by atoms with E-state index in [1.54, 1.807) is 24.3 Å². The molecule has 8 heteroatoms. The quantitative estimate of drug-likeness (QED) is 0.752. The highest BCUT2D eigenvalue weighted by Crippen LogP contribution is 2.29. The van der Waals surface area contributed by atoms with Crippen LogP contribution in [0.25, 0.3) is 0 Å². The lowest BCUT2D eigenvalue weighted by atomic mass is 10.0. The van der Waals surface area contributed by atoms with Crippen molar-refractivity contribution in [3.63, 3.8) is 0 Å². The van der Waals surface area contributed by atoms with E-state index in [2.05, 4.69) is 5.32 Å². The first-order valence-corrected chi connectivity index (χ1v) is 8.35. The summed E-state index contributed by atoms with van der Waals surface area (Å²) in [7, 11) is 1.18. The molecule has 0 saturated carbocycles. The van der Waals surface area contributed by atoms with E-state index in [1.807, 2.05) is 0 Å². The van der Waals surface area contributed by atoms with Crippen LogP contribution in [0, 0.1) is 0 Å². The first-order chi connectivity index (χ1) is 12.7. The predicted molar refractivity (Wildman–Crippen MR) is 94.3 cm³/mol. The van der Waals surface area contributed by atoms with Gasteiger partial charge in [0.25, 0.3) is 0 Å². The first-order valence-electron chi connectivity index (χ1n) is 7.97. The van der Waals surface area contributed by atoms with Gasteiger partial charge in [-0.05, 0) is 23.3 Å². The van der Waals surface area contributed by atoms with E-state index in [0.29, 0.717) is 10.6 Å². The number of esters is 1. The number of nitrogens with one attached hydrogen (secondary N) is 1. The van der Waals surface area contributed by atoms with Crippen LogP contribution < -0.4 is 5.32 Å². The Kier molecular flexibility index (Phi) is 6.85. The molecule has 0 aliphatic rings. The Morgan fingerprint density at radius 1 is 1.15 bits per heavy atom. The molecule has 0 aliphatic carbocycles. The zero-order valence-corrected chi connectivity index (χ0v) is 15.1. The largest absolute Gasteiger partial charge is 0.467 e. The van der Waals surface area contributed by atoms with Gasteiger partial charge in [-0.15, -0.1) is 0 Å². The Hall–Kier alpha value is -2.54. The summed E-state index contributed by atoms with van der Waals surface area (Å²) in [5, 5.41) is 2.93. The molecule has 0 spiro atoms. The van der Waals surface area contributed by atoms with Crippen molar-refractivity contribution in [2.45, 2.75) is 25.1 Å². The molecule has 1 N–H and O–H groups in total. The lowest BCUT2D eigenvalue weighted by Gasteiger charge is -2.17. The Labute approximate surface area is 159 Å². The maximum Gasteiger partial charge on any atom is 0.416 e. The summed E-state index contributed by atoms with van der Waals surface area (Å²) in [5.41, 5.74) is -0.0222. The molecule has 0 aliphatic heterocycles. The molecule has 0 aromatic heterocycles. The van der Waals surface area contributed by atoms with Crippen molar-refractivity contribution in [3.05, 3.63) is 70.2 Å². The normalized spacial score (nSPS) is 12.3. The van der Waals surface area contributed by atoms with Gasteiger partial charge in [0, 0.05) is 11.4 Å². The summed E-state index contributed by atoms with van der Waals surface area (Å²) in [6.07, 6.45) is -4.70. The SMILES string of the molecule is COC(=O)[C@@H](Cc1ccccc1Cl)NC(=O)Cc1cccc(C(F)(F)F)c1. The van der Waals surface area contributed by atoms with Crippen molar-refractivity contribution in [3.8, 4) is 0 Å². The minimum atomic E-state index is -4.49. The summed E-state index contributed by atoms with van der Waals surface area (Å²) in [5.74, 6) is -1.27. The molecule has 0 heterocycles. The number of halogens is 4. The number of amides is 1. The molecule has 1 amide bonds. The van der Waals surface area contributed by atoms with Gasteiger partial charge in [-0.1, -0.05) is 48.0 Å². The van der Waals surface area contributed by atoms with Crippen molar-refractivity contribution in [1.82, 2.24) is 5.32 Å². The fraction of sp³-hybridized carbons (Fsp3) is 0.263. The monoisotopic (exact) mass is 399 g/mol. The van der Waals surface area contributed by atoms with Gasteiger partial charge in [0.2, 0.25) is 5.91 Å². The summed E-state index contributed by atoms with van der Waals surface area (Å²) >= 11 is 6.07. The molecular formula is C19H17ClF3NO3. The molecule has 0 unspecified atom stereocenters. The molecular weight excluding hydrogens is 383 g/mol. The van der Waals surface area contributed by atoms with Gasteiger partial charge in [-0.25, -0.2) is 4.79 Å². The van der Waals surface area contributed by atoms with Gasteiger partial charge in [-0.2, -0.15) is 13.2 Å². The van der Waals surface area contributed by atoms with Gasteiger partial charge in [-0.3, -0.25) is 4.79 Å². The van der Waals surface area contributed by atoms with Crippen LogP contribution in [-0.2, 0) is 33.3 Å². The molecule has 0 bridgehead atoms. The van der Waals surface area contributed by atoms with Crippen LogP contribution in [0.4, 0.5) is 13.2 Å². The Morgan fingerprint density at radius 3 is 2.48 bits per heavy atom. The third-order valence-electron chi connectivity index (χ3n) is 3.82. The average molecular weight is 400 g/mol. The summed E-state index contributed by atoms with van der Waals surface area (Å²) in [4.78, 5) is 24.2. The Bertz CT molecular complexity index is 824. The Morgan fingerprint density at radius 2 is 1.85 bits per heavy atom. The van der Waals surface area contributed by atoms with Crippen LogP contribution in [0.5, 0.6) is 0 Å². The van der Waals surface area contributed by atoms with Crippen molar-refractivity contribution < 1.29 is 27.5 Å². The minimum absolute atomic E-state index is 0.0979. The Balaban J connectivity index is 2.10. The maximum atomic E-state index is 12.8. The highest BCUT2D eigenvalue weighted by molar-refractivity contribution is 6.31. The molecule has 2 rings (SSSR count). The van der Waals surface area contributed by atoms with E-state index in [1.165, 1.54) is 19.2 Å². The van der Waals surface area contributed by atoms with Crippen molar-refractivity contribution in [2.75, 3.05) is 7.11 Å². The standard InChI is InChI=1S/C19H17ClF3NO3/c1-27-18(26)16(11-13-6-2-3-8-15(13)20)24-17(25)10-12-5-4-7-14(9-12)19(21,22)23/h2-9,16H,10-11H2,1H3,(H,24,25)/t16-/m1/s1. The van der Waals surface area contributed by atoms with Gasteiger partial charge >= 0.3 is 12.1 Å². The number of rotatable bonds is 6. The third kappa shape index (κ3) is 5.99. The fourth-order valence-electron chi connectivity index (χ4n) is 2.51. The number of alkyl halides is 3. The van der Waals surface area contributed by atoms with Crippen LogP contribution in [-0.4, -0.2) is 25.0 Å². The van der Waals surface area contributed by atoms with Crippen molar-refractivity contribution in [1.29, 1.82) is 0 Å². The van der Waals surface area contributed by atoms with E-state index >= 15 is 0 Å². The maximum absolute atomic E-state index is 12.8. The van der Waals surface area contributed by atoms with Gasteiger partial charge in [0.1, 0.15) is 6.04 Å². The highest BCUT2D eigenvalue weighted by Gasteiger charge is 2.30. The average Bonchev–Trinajstić information content (AvgIpc) is 2.61. The molecule has 2 aromatic carbocycles. The molecule has 4 nitrogen and oxygen atoms in total. The van der Waals surface area contributed by atoms with Crippen LogP contribution >= 0.6 is 11.6 Å². The van der Waals surface area contributed by atoms with E-state index in [-0.39, 0.29) is 18.4 Å². The van der Waals surface area contributed by atoms with Crippen molar-refractivity contribution in [2.24, 2.45) is 0 Å². The molecule has 0 radical (unpaired) electrons. The van der Waals surface area contributed by atoms with Crippen LogP contribution in [0.3, 0.4) is 0 Å². The second-order valence-corrected chi connectivity index (χ2v) is 6.22. The number of benzene rings is 2. The lowest BCUT2D eigenvalue weighted by molar-refractivity contribution is -0.145. The number of carbonyl (C=O) groups is 2. The second-order valence-electron chi connectivity index (χ2n) is 5.81. The molecule has 27 heavy (non-hydrogen) atoms. The highest BCUT2D eigenvalue weighted by atomic mass is 35.5. The van der Waals surface area contributed by atoms with Gasteiger partial charge < -0.3 is 10.1 Å². The van der Waals surface area contributed by atoms with E-state index in [4.69, 9.17) is 16.3 Å². The second kappa shape index (κ2) is 8.90. The summed E-state index contributed by atoms with van der Waals surface area (Å²) in [6, 6.07) is 10.3. The molecule has 1 atom stereocenters. The number of hydrogen-bond donors (Lipinski definition) is 1. The fourth-order valence-corrected chi connectivity index (χ4v) is 2.72. The molecule has 0 saturated heterocycles. The smallest absolute Gasteiger partial charge is 0.416 e. The first kappa shape index (κ1) is 20.8. The van der Waals surface area contributed by atoms with E-state index in [9.17, 15) is 22.8 Å². The van der Waals surface area contributed by atoms with E-state index < -0.39 is 29.7 Å². The van der Waals surface area contributed by atoms with Gasteiger partial charge in [0.15, 0.2) is 0 Å². The van der Waals surface area contributed by atoms with Crippen LogP contribution in [0.2, 0.25) is 5.02 Å². The minimum Gasteiger partial charge on any atom is -0.467 e. The number of ether oxygens (including phenoxy) is 1. The molecule has 2 aromatic rings. The number of hydrogen-bond acceptors (Lipinski definition) is 3. The summed E-state index contributed by atoms with van der Waals surface area (Å²) < 4.78 is 43.0. The topological polar surface area (TPSA) is 55.4 Å². The number of methoxy groups -OCH3 is 1. The summed E-state index contributed by atoms with van der Waals surface area (Å²) in [6.45, 7) is 0. The lowest BCUT2D eigenvalue weighted by Crippen LogP contribution is -2.43. The van der Waals surface area contributed by atoms with Gasteiger partial charge in [0.05, 0.1) is 19.1 Å². The third-order valence-corrected chi connectivity index (χ3v) is 4.19.